The molecule has 1 aromatic rings. The normalized spacial score (nSPS) is 24.3. The lowest BCUT2D eigenvalue weighted by molar-refractivity contribution is 0.0453. The molecule has 1 aliphatic carbocycles. The third-order valence-electron chi connectivity index (χ3n) is 5.54. The minimum Gasteiger partial charge on any atom is -0.321 e. The van der Waals surface area contributed by atoms with Crippen molar-refractivity contribution in [1.29, 1.82) is 0 Å². The van der Waals surface area contributed by atoms with E-state index in [4.69, 9.17) is 5.73 Å². The van der Waals surface area contributed by atoms with Crippen LogP contribution in [-0.2, 0) is 6.54 Å². The maximum atomic E-state index is 6.84. The van der Waals surface area contributed by atoms with E-state index in [2.05, 4.69) is 27.7 Å². The van der Waals surface area contributed by atoms with Crippen molar-refractivity contribution in [2.24, 2.45) is 5.73 Å². The molecule has 1 atom stereocenters. The maximum absolute atomic E-state index is 6.84. The molecule has 21 heavy (non-hydrogen) atoms. The van der Waals surface area contributed by atoms with Gasteiger partial charge in [0.25, 0.3) is 0 Å². The Morgan fingerprint density at radius 1 is 1.19 bits per heavy atom. The monoisotopic (exact) mass is 290 g/mol. The fourth-order valence-corrected chi connectivity index (χ4v) is 4.43. The highest BCUT2D eigenvalue weighted by Crippen LogP contribution is 2.44. The summed E-state index contributed by atoms with van der Waals surface area (Å²) in [4.78, 5) is 2.72. The van der Waals surface area contributed by atoms with Crippen LogP contribution in [0.3, 0.4) is 0 Å². The van der Waals surface area contributed by atoms with E-state index in [1.807, 2.05) is 6.20 Å². The largest absolute Gasteiger partial charge is 0.321 e. The number of nitrogens with two attached hydrogens (primary N) is 1. The number of piperidine rings is 1. The van der Waals surface area contributed by atoms with Crippen LogP contribution in [-0.4, -0.2) is 33.3 Å². The fraction of sp³-hybridized carbons (Fsp3) is 0.824. The quantitative estimate of drug-likeness (QED) is 0.906. The van der Waals surface area contributed by atoms with Gasteiger partial charge in [-0.3, -0.25) is 9.58 Å². The molecule has 4 heteroatoms. The van der Waals surface area contributed by atoms with Crippen LogP contribution in [0, 0.1) is 0 Å². The number of nitrogens with zero attached hydrogens (tertiary/aromatic N) is 3. The van der Waals surface area contributed by atoms with Gasteiger partial charge in [0.2, 0.25) is 0 Å². The number of aromatic nitrogens is 2. The molecule has 0 spiro atoms. The first-order chi connectivity index (χ1) is 10.3. The van der Waals surface area contributed by atoms with Crippen LogP contribution < -0.4 is 5.73 Å². The van der Waals surface area contributed by atoms with Crippen molar-refractivity contribution in [1.82, 2.24) is 14.7 Å². The van der Waals surface area contributed by atoms with E-state index >= 15 is 0 Å². The van der Waals surface area contributed by atoms with Crippen LogP contribution in [0.25, 0.3) is 0 Å². The summed E-state index contributed by atoms with van der Waals surface area (Å²) in [5, 5.41) is 4.49. The van der Waals surface area contributed by atoms with E-state index in [-0.39, 0.29) is 11.6 Å². The van der Waals surface area contributed by atoms with Crippen LogP contribution in [0.5, 0.6) is 0 Å². The lowest BCUT2D eigenvalue weighted by Crippen LogP contribution is -2.55. The molecule has 0 amide bonds. The summed E-state index contributed by atoms with van der Waals surface area (Å²) >= 11 is 0. The highest BCUT2D eigenvalue weighted by molar-refractivity contribution is 5.16. The van der Waals surface area contributed by atoms with Gasteiger partial charge < -0.3 is 5.73 Å². The first-order valence-corrected chi connectivity index (χ1v) is 8.80. The van der Waals surface area contributed by atoms with Gasteiger partial charge in [0.15, 0.2) is 0 Å². The Morgan fingerprint density at radius 2 is 1.90 bits per heavy atom. The van der Waals surface area contributed by atoms with Crippen molar-refractivity contribution in [3.8, 4) is 0 Å². The van der Waals surface area contributed by atoms with Crippen LogP contribution in [0.15, 0.2) is 12.3 Å². The summed E-state index contributed by atoms with van der Waals surface area (Å²) in [6.45, 7) is 5.64. The van der Waals surface area contributed by atoms with Gasteiger partial charge in [0.05, 0.1) is 11.7 Å². The van der Waals surface area contributed by atoms with Crippen molar-refractivity contribution in [3.05, 3.63) is 18.0 Å². The SMILES string of the molecule is CCCn1nccc1C(N)C1(N2CCCCC2)CCCC1. The van der Waals surface area contributed by atoms with E-state index < -0.39 is 0 Å². The molecule has 0 aromatic carbocycles. The van der Waals surface area contributed by atoms with E-state index in [0.717, 1.165) is 13.0 Å². The summed E-state index contributed by atoms with van der Waals surface area (Å²) < 4.78 is 2.13. The molecule has 0 bridgehead atoms. The summed E-state index contributed by atoms with van der Waals surface area (Å²) in [7, 11) is 0. The predicted molar refractivity (Wildman–Crippen MR) is 86.1 cm³/mol. The molecular weight excluding hydrogens is 260 g/mol. The van der Waals surface area contributed by atoms with Gasteiger partial charge >= 0.3 is 0 Å². The average molecular weight is 290 g/mol. The molecule has 2 heterocycles. The van der Waals surface area contributed by atoms with Crippen molar-refractivity contribution in [3.63, 3.8) is 0 Å². The Kier molecular flexibility index (Phi) is 4.65. The molecule has 3 rings (SSSR count). The zero-order chi connectivity index (χ0) is 14.7. The van der Waals surface area contributed by atoms with Gasteiger partial charge in [0.1, 0.15) is 0 Å². The van der Waals surface area contributed by atoms with Crippen LogP contribution >= 0.6 is 0 Å². The third-order valence-corrected chi connectivity index (χ3v) is 5.54. The number of aryl methyl sites for hydroxylation is 1. The maximum Gasteiger partial charge on any atom is 0.0653 e. The molecule has 1 aliphatic heterocycles. The van der Waals surface area contributed by atoms with Crippen LogP contribution in [0.2, 0.25) is 0 Å². The molecule has 1 saturated carbocycles. The van der Waals surface area contributed by atoms with Gasteiger partial charge in [-0.2, -0.15) is 5.10 Å². The first kappa shape index (κ1) is 15.0. The standard InChI is InChI=1S/C17H30N4/c1-2-12-21-15(8-11-19-21)16(18)17(9-4-5-10-17)20-13-6-3-7-14-20/h8,11,16H,2-7,9-10,12-14,18H2,1H3. The molecule has 1 unspecified atom stereocenters. The Bertz CT molecular complexity index is 441. The van der Waals surface area contributed by atoms with E-state index in [1.165, 1.54) is 63.7 Å². The average Bonchev–Trinajstić information content (AvgIpc) is 3.18. The number of rotatable bonds is 5. The van der Waals surface area contributed by atoms with Crippen molar-refractivity contribution in [2.45, 2.75) is 76.4 Å². The second-order valence-electron chi connectivity index (χ2n) is 6.82. The van der Waals surface area contributed by atoms with Crippen LogP contribution in [0.4, 0.5) is 0 Å². The second kappa shape index (κ2) is 6.49. The van der Waals surface area contributed by atoms with Gasteiger partial charge in [0, 0.05) is 18.3 Å². The van der Waals surface area contributed by atoms with Crippen molar-refractivity contribution in [2.75, 3.05) is 13.1 Å². The molecular formula is C17H30N4. The lowest BCUT2D eigenvalue weighted by atomic mass is 9.83. The molecule has 2 N–H and O–H groups in total. The predicted octanol–water partition coefficient (Wildman–Crippen LogP) is 3.09. The van der Waals surface area contributed by atoms with E-state index in [0.29, 0.717) is 0 Å². The smallest absolute Gasteiger partial charge is 0.0653 e. The molecule has 1 saturated heterocycles. The molecule has 118 valence electrons. The van der Waals surface area contributed by atoms with E-state index in [1.54, 1.807) is 0 Å². The van der Waals surface area contributed by atoms with Crippen LogP contribution in [0.1, 0.15) is 70.0 Å². The minimum absolute atomic E-state index is 0.104. The Labute approximate surface area is 128 Å². The van der Waals surface area contributed by atoms with Gasteiger partial charge in [-0.15, -0.1) is 0 Å². The number of likely N-dealkylation sites (tertiary alicyclic amines) is 1. The van der Waals surface area contributed by atoms with Gasteiger partial charge in [-0.05, 0) is 51.3 Å². The summed E-state index contributed by atoms with van der Waals surface area (Å²) in [6, 6.07) is 2.25. The summed E-state index contributed by atoms with van der Waals surface area (Å²) in [6.07, 6.45) is 12.2. The fourth-order valence-electron chi connectivity index (χ4n) is 4.43. The highest BCUT2D eigenvalue weighted by Gasteiger charge is 2.46. The highest BCUT2D eigenvalue weighted by atomic mass is 15.3. The molecule has 4 nitrogen and oxygen atoms in total. The van der Waals surface area contributed by atoms with Gasteiger partial charge in [-0.1, -0.05) is 26.2 Å². The van der Waals surface area contributed by atoms with Crippen molar-refractivity contribution >= 4 is 0 Å². The lowest BCUT2D eigenvalue weighted by Gasteiger charge is -2.47. The third kappa shape index (κ3) is 2.76. The second-order valence-corrected chi connectivity index (χ2v) is 6.82. The topological polar surface area (TPSA) is 47.1 Å². The minimum atomic E-state index is 0.104. The van der Waals surface area contributed by atoms with Gasteiger partial charge in [-0.25, -0.2) is 0 Å². The van der Waals surface area contributed by atoms with Crippen molar-refractivity contribution < 1.29 is 0 Å². The molecule has 2 fully saturated rings. The summed E-state index contributed by atoms with van der Waals surface area (Å²) in [5.41, 5.74) is 8.27. The number of hydrogen-bond acceptors (Lipinski definition) is 3. The Balaban J connectivity index is 1.87. The molecule has 1 aromatic heterocycles. The first-order valence-electron chi connectivity index (χ1n) is 8.80. The van der Waals surface area contributed by atoms with E-state index in [9.17, 15) is 0 Å². The Hall–Kier alpha value is -0.870. The summed E-state index contributed by atoms with van der Waals surface area (Å²) in [5.74, 6) is 0. The Morgan fingerprint density at radius 3 is 2.57 bits per heavy atom. The zero-order valence-corrected chi connectivity index (χ0v) is 13.4. The zero-order valence-electron chi connectivity index (χ0n) is 13.4. The number of hydrogen-bond donors (Lipinski definition) is 1. The molecule has 2 aliphatic rings. The molecule has 0 radical (unpaired) electrons.